The van der Waals surface area contributed by atoms with E-state index in [-0.39, 0.29) is 17.9 Å². The molecule has 0 saturated carbocycles. The van der Waals surface area contributed by atoms with Gasteiger partial charge in [-0.2, -0.15) is 0 Å². The maximum absolute atomic E-state index is 12.4. The van der Waals surface area contributed by atoms with E-state index in [9.17, 15) is 9.59 Å². The molecule has 0 unspecified atom stereocenters. The number of nitrogens with one attached hydrogen (secondary N) is 1. The highest BCUT2D eigenvalue weighted by molar-refractivity contribution is 5.88. The van der Waals surface area contributed by atoms with E-state index < -0.39 is 0 Å². The van der Waals surface area contributed by atoms with Crippen LogP contribution in [0, 0.1) is 0 Å². The van der Waals surface area contributed by atoms with E-state index in [1.807, 2.05) is 0 Å². The van der Waals surface area contributed by atoms with Gasteiger partial charge in [0, 0.05) is 19.5 Å². The molecule has 5 heteroatoms. The lowest BCUT2D eigenvalue weighted by Gasteiger charge is -2.24. The fourth-order valence-electron chi connectivity index (χ4n) is 3.32. The lowest BCUT2D eigenvalue weighted by atomic mass is 10.1. The Morgan fingerprint density at radius 2 is 1.71 bits per heavy atom. The molecule has 3 N–H and O–H groups in total. The molecule has 24 heavy (non-hydrogen) atoms. The Kier molecular flexibility index (Phi) is 11.5. The molecule has 0 bridgehead atoms. The first-order valence-corrected chi connectivity index (χ1v) is 9.98. The zero-order chi connectivity index (χ0) is 17.6. The summed E-state index contributed by atoms with van der Waals surface area (Å²) in [5.74, 6) is 0.141. The van der Waals surface area contributed by atoms with Crippen molar-refractivity contribution in [3.05, 3.63) is 0 Å². The number of carbonyl (C=O) groups excluding carboxylic acids is 2. The Balaban J connectivity index is 2.17. The van der Waals surface area contributed by atoms with Gasteiger partial charge in [-0.05, 0) is 32.2 Å². The Morgan fingerprint density at radius 3 is 2.38 bits per heavy atom. The SMILES string of the molecule is CCCCCCCCCCC(=O)N1CCC[C@@H]1C(=O)NCCCN. The van der Waals surface area contributed by atoms with Crippen LogP contribution in [0.2, 0.25) is 0 Å². The number of unbranched alkanes of at least 4 members (excludes halogenated alkanes) is 7. The number of nitrogens with zero attached hydrogens (tertiary/aromatic N) is 1. The summed E-state index contributed by atoms with van der Waals surface area (Å²) in [6.45, 7) is 4.14. The average Bonchev–Trinajstić information content (AvgIpc) is 3.07. The quantitative estimate of drug-likeness (QED) is 0.507. The van der Waals surface area contributed by atoms with Crippen LogP contribution in [0.1, 0.15) is 84.0 Å². The fraction of sp³-hybridized carbons (Fsp3) is 0.895. The minimum absolute atomic E-state index is 0.00905. The van der Waals surface area contributed by atoms with Crippen molar-refractivity contribution < 1.29 is 9.59 Å². The normalized spacial score (nSPS) is 17.2. The van der Waals surface area contributed by atoms with Gasteiger partial charge in [0.25, 0.3) is 0 Å². The van der Waals surface area contributed by atoms with Crippen molar-refractivity contribution in [2.24, 2.45) is 5.73 Å². The second-order valence-corrected chi connectivity index (χ2v) is 6.90. The summed E-state index contributed by atoms with van der Waals surface area (Å²) >= 11 is 0. The molecule has 140 valence electrons. The lowest BCUT2D eigenvalue weighted by Crippen LogP contribution is -2.46. The van der Waals surface area contributed by atoms with Gasteiger partial charge in [-0.25, -0.2) is 0 Å². The molecule has 1 aliphatic rings. The molecule has 1 fully saturated rings. The molecule has 1 heterocycles. The van der Waals surface area contributed by atoms with Crippen molar-refractivity contribution in [1.82, 2.24) is 10.2 Å². The van der Waals surface area contributed by atoms with Crippen LogP contribution in [-0.4, -0.2) is 42.4 Å². The molecule has 0 aromatic rings. The van der Waals surface area contributed by atoms with Crippen LogP contribution < -0.4 is 11.1 Å². The largest absolute Gasteiger partial charge is 0.354 e. The third-order valence-corrected chi connectivity index (χ3v) is 4.80. The highest BCUT2D eigenvalue weighted by atomic mass is 16.2. The van der Waals surface area contributed by atoms with E-state index in [2.05, 4.69) is 12.2 Å². The first-order chi connectivity index (χ1) is 11.7. The Labute approximate surface area is 147 Å². The number of hydrogen-bond acceptors (Lipinski definition) is 3. The van der Waals surface area contributed by atoms with Crippen LogP contribution >= 0.6 is 0 Å². The number of nitrogens with two attached hydrogens (primary N) is 1. The lowest BCUT2D eigenvalue weighted by molar-refractivity contribution is -0.138. The number of carbonyl (C=O) groups is 2. The smallest absolute Gasteiger partial charge is 0.242 e. The molecule has 0 radical (unpaired) electrons. The molecule has 0 aromatic carbocycles. The van der Waals surface area contributed by atoms with Crippen molar-refractivity contribution >= 4 is 11.8 Å². The Morgan fingerprint density at radius 1 is 1.04 bits per heavy atom. The molecular weight excluding hydrogens is 302 g/mol. The van der Waals surface area contributed by atoms with Crippen LogP contribution in [0.3, 0.4) is 0 Å². The summed E-state index contributed by atoms with van der Waals surface area (Å²) in [5, 5.41) is 2.90. The Bertz CT molecular complexity index is 361. The van der Waals surface area contributed by atoms with Crippen molar-refractivity contribution in [2.45, 2.75) is 90.0 Å². The number of rotatable bonds is 13. The van der Waals surface area contributed by atoms with Crippen LogP contribution in [0.4, 0.5) is 0 Å². The Hall–Kier alpha value is -1.10. The second kappa shape index (κ2) is 13.2. The highest BCUT2D eigenvalue weighted by Crippen LogP contribution is 2.19. The van der Waals surface area contributed by atoms with Gasteiger partial charge >= 0.3 is 0 Å². The van der Waals surface area contributed by atoms with E-state index >= 15 is 0 Å². The summed E-state index contributed by atoms with van der Waals surface area (Å²) in [6.07, 6.45) is 12.9. The van der Waals surface area contributed by atoms with Gasteiger partial charge in [0.2, 0.25) is 11.8 Å². The van der Waals surface area contributed by atoms with Crippen molar-refractivity contribution in [1.29, 1.82) is 0 Å². The molecule has 5 nitrogen and oxygen atoms in total. The fourth-order valence-corrected chi connectivity index (χ4v) is 3.32. The molecule has 0 aromatic heterocycles. The van der Waals surface area contributed by atoms with Gasteiger partial charge in [0.1, 0.15) is 6.04 Å². The first kappa shape index (κ1) is 20.9. The van der Waals surface area contributed by atoms with Gasteiger partial charge in [-0.3, -0.25) is 9.59 Å². The summed E-state index contributed by atoms with van der Waals surface area (Å²) < 4.78 is 0. The molecule has 1 atom stereocenters. The molecule has 0 aliphatic carbocycles. The maximum Gasteiger partial charge on any atom is 0.242 e. The zero-order valence-corrected chi connectivity index (χ0v) is 15.5. The van der Waals surface area contributed by atoms with E-state index in [1.54, 1.807) is 4.90 Å². The average molecular weight is 340 g/mol. The molecular formula is C19H37N3O2. The monoisotopic (exact) mass is 339 g/mol. The van der Waals surface area contributed by atoms with Gasteiger partial charge < -0.3 is 16.0 Å². The predicted octanol–water partition coefficient (Wildman–Crippen LogP) is 2.97. The topological polar surface area (TPSA) is 75.4 Å². The van der Waals surface area contributed by atoms with Crippen LogP contribution in [0.15, 0.2) is 0 Å². The minimum atomic E-state index is -0.260. The predicted molar refractivity (Wildman–Crippen MR) is 98.6 cm³/mol. The van der Waals surface area contributed by atoms with Gasteiger partial charge in [-0.15, -0.1) is 0 Å². The highest BCUT2D eigenvalue weighted by Gasteiger charge is 2.33. The van der Waals surface area contributed by atoms with E-state index in [0.29, 0.717) is 19.5 Å². The molecule has 2 amide bonds. The van der Waals surface area contributed by atoms with Crippen molar-refractivity contribution in [3.8, 4) is 0 Å². The second-order valence-electron chi connectivity index (χ2n) is 6.90. The van der Waals surface area contributed by atoms with E-state index in [1.165, 1.54) is 38.5 Å². The molecule has 1 aliphatic heterocycles. The number of hydrogen-bond donors (Lipinski definition) is 2. The molecule has 0 spiro atoms. The van der Waals surface area contributed by atoms with Gasteiger partial charge in [0.05, 0.1) is 0 Å². The van der Waals surface area contributed by atoms with Crippen LogP contribution in [-0.2, 0) is 9.59 Å². The summed E-state index contributed by atoms with van der Waals surface area (Å²) in [4.78, 5) is 26.4. The molecule has 1 saturated heterocycles. The summed E-state index contributed by atoms with van der Waals surface area (Å²) in [5.41, 5.74) is 5.44. The van der Waals surface area contributed by atoms with Gasteiger partial charge in [-0.1, -0.05) is 51.9 Å². The van der Waals surface area contributed by atoms with Crippen LogP contribution in [0.5, 0.6) is 0 Å². The van der Waals surface area contributed by atoms with E-state index in [4.69, 9.17) is 5.73 Å². The first-order valence-electron chi connectivity index (χ1n) is 9.98. The standard InChI is InChI=1S/C19H37N3O2/c1-2-3-4-5-6-7-8-9-13-18(23)22-16-10-12-17(22)19(24)21-15-11-14-20/h17H,2-16,20H2,1H3,(H,21,24)/t17-/m1/s1. The number of amides is 2. The van der Waals surface area contributed by atoms with Crippen LogP contribution in [0.25, 0.3) is 0 Å². The van der Waals surface area contributed by atoms with Crippen molar-refractivity contribution in [3.63, 3.8) is 0 Å². The number of likely N-dealkylation sites (tertiary alicyclic amines) is 1. The van der Waals surface area contributed by atoms with Crippen molar-refractivity contribution in [2.75, 3.05) is 19.6 Å². The van der Waals surface area contributed by atoms with Gasteiger partial charge in [0.15, 0.2) is 0 Å². The molecule has 1 rings (SSSR count). The third kappa shape index (κ3) is 8.13. The summed E-state index contributed by atoms with van der Waals surface area (Å²) in [7, 11) is 0. The van der Waals surface area contributed by atoms with E-state index in [0.717, 1.165) is 38.6 Å². The zero-order valence-electron chi connectivity index (χ0n) is 15.5. The summed E-state index contributed by atoms with van der Waals surface area (Å²) in [6, 6.07) is -0.260. The third-order valence-electron chi connectivity index (χ3n) is 4.80. The minimum Gasteiger partial charge on any atom is -0.354 e. The maximum atomic E-state index is 12.4.